The van der Waals surface area contributed by atoms with E-state index in [1.807, 2.05) is 0 Å². The van der Waals surface area contributed by atoms with Gasteiger partial charge in [-0.3, -0.25) is 0 Å². The third-order valence-corrected chi connectivity index (χ3v) is 0.357. The van der Waals surface area contributed by atoms with Gasteiger partial charge in [0.05, 0.1) is 0 Å². The number of hydrogen-bond acceptors (Lipinski definition) is 5. The fraction of sp³-hybridized carbons (Fsp3) is 0.667. The number of carboxylic acids is 1. The average molecular weight is 193 g/mol. The first-order valence-corrected chi connectivity index (χ1v) is 1.55. The van der Waals surface area contributed by atoms with E-state index in [1.165, 1.54) is 6.92 Å². The smallest absolute Gasteiger partial charge is 0.870 e. The second-order valence-corrected chi connectivity index (χ2v) is 1.01. The second kappa shape index (κ2) is 15.9. The van der Waals surface area contributed by atoms with Crippen molar-refractivity contribution in [3.8, 4) is 0 Å². The minimum absolute atomic E-state index is 0. The van der Waals surface area contributed by atoms with Crippen molar-refractivity contribution in [3.05, 3.63) is 0 Å². The molecule has 0 aromatic heterocycles. The van der Waals surface area contributed by atoms with Crippen LogP contribution in [-0.4, -0.2) is 38.7 Å². The number of hydrogen-bond donors (Lipinski definition) is 2. The van der Waals surface area contributed by atoms with Crippen molar-refractivity contribution in [1.82, 2.24) is 0 Å². The Kier molecular flexibility index (Phi) is 52.3. The van der Waals surface area contributed by atoms with Crippen LogP contribution in [0.5, 0.6) is 0 Å². The minimum atomic E-state index is -1.23. The van der Waals surface area contributed by atoms with Crippen molar-refractivity contribution in [3.63, 3.8) is 0 Å². The molecule has 0 heterocycles. The molecule has 0 aromatic rings. The van der Waals surface area contributed by atoms with E-state index >= 15 is 0 Å². The molecule has 1 unspecified atom stereocenters. The van der Waals surface area contributed by atoms with Crippen molar-refractivity contribution < 1.29 is 48.8 Å². The van der Waals surface area contributed by atoms with Crippen molar-refractivity contribution in [2.24, 2.45) is 0 Å². The van der Waals surface area contributed by atoms with E-state index < -0.39 is 12.1 Å². The van der Waals surface area contributed by atoms with Crippen LogP contribution in [-0.2, 0) is 22.2 Å². The number of carbonyl (C=O) groups is 1. The zero-order valence-electron chi connectivity index (χ0n) is 5.13. The monoisotopic (exact) mass is 193 g/mol. The first-order valence-electron chi connectivity index (χ1n) is 1.55. The maximum absolute atomic E-state index is 9.45. The van der Waals surface area contributed by atoms with Crippen LogP contribution in [0.4, 0.5) is 0 Å². The van der Waals surface area contributed by atoms with E-state index in [1.54, 1.807) is 0 Å². The Morgan fingerprint density at radius 2 is 1.40 bits per heavy atom. The number of aliphatic hydroxyl groups excluding tert-OH is 1. The third-order valence-electron chi connectivity index (χ3n) is 0.357. The predicted octanol–water partition coefficient (Wildman–Crippen LogP) is -1.08. The van der Waals surface area contributed by atoms with Crippen LogP contribution < -0.4 is 0 Å². The molecule has 0 aromatic carbocycles. The Hall–Kier alpha value is -0.158. The summed E-state index contributed by atoms with van der Waals surface area (Å²) in [5, 5.41) is 15.8. The molecule has 0 bridgehead atoms. The molecule has 0 aliphatic heterocycles. The van der Waals surface area contributed by atoms with Gasteiger partial charge in [-0.2, -0.15) is 0 Å². The van der Waals surface area contributed by atoms with Crippen molar-refractivity contribution in [2.75, 3.05) is 0 Å². The molecule has 0 fully saturated rings. The summed E-state index contributed by atoms with van der Waals surface area (Å²) in [4.78, 5) is 9.45. The quantitative estimate of drug-likeness (QED) is 0.540. The SMILES string of the molecule is CC(O)C(=O)O.[Cr+3].[OH-].[OH-].[OH-]. The molecular weight excluding hydrogens is 184 g/mol. The topological polar surface area (TPSA) is 148 Å². The van der Waals surface area contributed by atoms with Crippen LogP contribution in [0.25, 0.3) is 0 Å². The van der Waals surface area contributed by atoms with Gasteiger partial charge in [-0.1, -0.05) is 0 Å². The molecule has 5 N–H and O–H groups in total. The molecule has 0 aliphatic carbocycles. The molecule has 0 saturated heterocycles. The van der Waals surface area contributed by atoms with E-state index in [2.05, 4.69) is 0 Å². The summed E-state index contributed by atoms with van der Waals surface area (Å²) in [5.74, 6) is -1.19. The molecule has 63 valence electrons. The van der Waals surface area contributed by atoms with Crippen LogP contribution in [0.15, 0.2) is 0 Å². The van der Waals surface area contributed by atoms with Crippen LogP contribution in [0.1, 0.15) is 6.92 Å². The predicted molar refractivity (Wildman–Crippen MR) is 25.1 cm³/mol. The molecule has 0 rings (SSSR count). The maximum Gasteiger partial charge on any atom is 3.00 e. The fourth-order valence-electron chi connectivity index (χ4n) is 0. The number of rotatable bonds is 1. The second-order valence-electron chi connectivity index (χ2n) is 1.01. The summed E-state index contributed by atoms with van der Waals surface area (Å²) in [6.07, 6.45) is -1.23. The average Bonchev–Trinajstić information content (AvgIpc) is 1.36. The van der Waals surface area contributed by atoms with E-state index in [9.17, 15) is 4.79 Å². The summed E-state index contributed by atoms with van der Waals surface area (Å²) in [6.45, 7) is 1.20. The molecular formula is C3H9CrO6. The van der Waals surface area contributed by atoms with Gasteiger partial charge in [0.2, 0.25) is 0 Å². The Bertz CT molecular complexity index is 64.0. The summed E-state index contributed by atoms with van der Waals surface area (Å²) in [5.41, 5.74) is 0. The Morgan fingerprint density at radius 3 is 1.40 bits per heavy atom. The largest absolute Gasteiger partial charge is 3.00 e. The maximum atomic E-state index is 9.45. The van der Waals surface area contributed by atoms with Gasteiger partial charge in [-0.05, 0) is 6.92 Å². The zero-order valence-corrected chi connectivity index (χ0v) is 6.40. The van der Waals surface area contributed by atoms with E-state index in [0.29, 0.717) is 0 Å². The van der Waals surface area contributed by atoms with Gasteiger partial charge in [0.25, 0.3) is 0 Å². The summed E-state index contributed by atoms with van der Waals surface area (Å²) in [6, 6.07) is 0. The molecule has 7 heteroatoms. The van der Waals surface area contributed by atoms with Gasteiger partial charge in [0.15, 0.2) is 0 Å². The Balaban J connectivity index is -0.0000000208. The van der Waals surface area contributed by atoms with E-state index in [4.69, 9.17) is 10.2 Å². The molecule has 1 radical (unpaired) electrons. The molecule has 0 saturated carbocycles. The summed E-state index contributed by atoms with van der Waals surface area (Å²) in [7, 11) is 0. The van der Waals surface area contributed by atoms with Gasteiger partial charge in [0, 0.05) is 0 Å². The molecule has 1 atom stereocenters. The standard InChI is InChI=1S/C3H6O3.Cr.3H2O/c1-2(4)3(5)6;;;;/h2,4H,1H3,(H,5,6);;3*1H2/q;+3;;;/p-3. The van der Waals surface area contributed by atoms with Crippen molar-refractivity contribution in [1.29, 1.82) is 0 Å². The van der Waals surface area contributed by atoms with Crippen LogP contribution in [0.2, 0.25) is 0 Å². The summed E-state index contributed by atoms with van der Waals surface area (Å²) >= 11 is 0. The molecule has 0 spiro atoms. The third kappa shape index (κ3) is 24.9. The Morgan fingerprint density at radius 1 is 1.30 bits per heavy atom. The van der Waals surface area contributed by atoms with Gasteiger partial charge >= 0.3 is 23.3 Å². The van der Waals surface area contributed by atoms with Crippen LogP contribution in [0.3, 0.4) is 0 Å². The first kappa shape index (κ1) is 32.8. The van der Waals surface area contributed by atoms with Gasteiger partial charge in [-0.15, -0.1) is 0 Å². The number of aliphatic hydroxyl groups is 1. The van der Waals surface area contributed by atoms with Crippen LogP contribution in [0, 0.1) is 0 Å². The van der Waals surface area contributed by atoms with E-state index in [0.717, 1.165) is 0 Å². The number of carboxylic acid groups (broad SMARTS) is 1. The van der Waals surface area contributed by atoms with Gasteiger partial charge in [0.1, 0.15) is 6.10 Å². The zero-order chi connectivity index (χ0) is 5.15. The molecule has 10 heavy (non-hydrogen) atoms. The first-order chi connectivity index (χ1) is 2.64. The minimum Gasteiger partial charge on any atom is -0.870 e. The summed E-state index contributed by atoms with van der Waals surface area (Å²) < 4.78 is 0. The molecule has 0 aliphatic rings. The van der Waals surface area contributed by atoms with Gasteiger partial charge < -0.3 is 26.6 Å². The Labute approximate surface area is 68.5 Å². The van der Waals surface area contributed by atoms with E-state index in [-0.39, 0.29) is 33.8 Å². The van der Waals surface area contributed by atoms with Crippen molar-refractivity contribution in [2.45, 2.75) is 13.0 Å². The molecule has 6 nitrogen and oxygen atoms in total. The normalized spacial score (nSPS) is 8.20. The van der Waals surface area contributed by atoms with Crippen LogP contribution >= 0.6 is 0 Å². The fourth-order valence-corrected chi connectivity index (χ4v) is 0. The molecule has 0 amide bonds. The number of aliphatic carboxylic acids is 1. The van der Waals surface area contributed by atoms with Crippen molar-refractivity contribution >= 4 is 5.97 Å². The van der Waals surface area contributed by atoms with Gasteiger partial charge in [-0.25, -0.2) is 4.79 Å².